The van der Waals surface area contributed by atoms with Crippen molar-refractivity contribution < 1.29 is 18.7 Å². The number of aliphatic hydroxyl groups excluding tert-OH is 1. The highest BCUT2D eigenvalue weighted by molar-refractivity contribution is 7.09. The molecule has 6 heteroatoms. The van der Waals surface area contributed by atoms with Crippen LogP contribution in [0, 0.1) is 0 Å². The molecule has 0 aliphatic carbocycles. The van der Waals surface area contributed by atoms with E-state index < -0.39 is 30.4 Å². The van der Waals surface area contributed by atoms with Crippen LogP contribution >= 0.6 is 11.3 Å². The number of hydrogen-bond donors (Lipinski definition) is 1. The summed E-state index contributed by atoms with van der Waals surface area (Å²) in [6.07, 6.45) is 7.10. The van der Waals surface area contributed by atoms with Gasteiger partial charge in [0.1, 0.15) is 0 Å². The lowest BCUT2D eigenvalue weighted by Gasteiger charge is -2.21. The topological polar surface area (TPSA) is 40.5 Å². The monoisotopic (exact) mass is 371 g/mol. The van der Waals surface area contributed by atoms with E-state index in [1.165, 1.54) is 9.78 Å². The van der Waals surface area contributed by atoms with Gasteiger partial charge in [0.15, 0.2) is 0 Å². The molecule has 1 aliphatic rings. The van der Waals surface area contributed by atoms with Crippen LogP contribution in [-0.2, 0) is 11.2 Å². The van der Waals surface area contributed by atoms with E-state index in [2.05, 4.69) is 6.92 Å². The highest BCUT2D eigenvalue weighted by Crippen LogP contribution is 2.34. The largest absolute Gasteiger partial charge is 0.389 e. The third-order valence-corrected chi connectivity index (χ3v) is 5.44. The summed E-state index contributed by atoms with van der Waals surface area (Å²) < 4.78 is 27.7. The fourth-order valence-corrected chi connectivity index (χ4v) is 3.85. The maximum Gasteiger partial charge on any atom is 0.327 e. The molecule has 0 spiro atoms. The first kappa shape index (κ1) is 20.0. The molecule has 2 rings (SSSR count). The number of carbonyl (C=O) groups excluding carboxylic acids is 1. The summed E-state index contributed by atoms with van der Waals surface area (Å²) in [6.45, 7) is 2.40. The van der Waals surface area contributed by atoms with Gasteiger partial charge in [-0.1, -0.05) is 44.4 Å². The van der Waals surface area contributed by atoms with Gasteiger partial charge in [0, 0.05) is 17.8 Å². The molecule has 1 fully saturated rings. The van der Waals surface area contributed by atoms with E-state index in [0.29, 0.717) is 19.4 Å². The number of carbonyl (C=O) groups is 1. The van der Waals surface area contributed by atoms with Crippen LogP contribution in [0.25, 0.3) is 0 Å². The number of aryl methyl sites for hydroxylation is 1. The zero-order chi connectivity index (χ0) is 18.3. The fourth-order valence-electron chi connectivity index (χ4n) is 3.09. The molecule has 2 atom stereocenters. The number of likely N-dealkylation sites (tertiary alicyclic amines) is 1. The average Bonchev–Trinajstić information content (AvgIpc) is 3.15. The van der Waals surface area contributed by atoms with E-state index in [4.69, 9.17) is 0 Å². The molecule has 1 aliphatic heterocycles. The SMILES string of the molecule is CCCCC[C@H](O)/C=C/[C@H]1CC(F)(F)C(=O)N1CCCc1cccs1. The fraction of sp³-hybridized carbons (Fsp3) is 0.632. The normalized spacial score (nSPS) is 21.4. The van der Waals surface area contributed by atoms with Crippen molar-refractivity contribution in [3.05, 3.63) is 34.5 Å². The third kappa shape index (κ3) is 5.89. The van der Waals surface area contributed by atoms with Crippen molar-refractivity contribution in [3.63, 3.8) is 0 Å². The number of hydrogen-bond acceptors (Lipinski definition) is 3. The Bertz CT molecular complexity index is 560. The van der Waals surface area contributed by atoms with Crippen molar-refractivity contribution in [2.45, 2.75) is 69.9 Å². The summed E-state index contributed by atoms with van der Waals surface area (Å²) in [5.41, 5.74) is 0. The van der Waals surface area contributed by atoms with Crippen LogP contribution in [0.2, 0.25) is 0 Å². The second-order valence-electron chi connectivity index (χ2n) is 6.61. The maximum absolute atomic E-state index is 13.8. The zero-order valence-corrected chi connectivity index (χ0v) is 15.5. The predicted molar refractivity (Wildman–Crippen MR) is 97.0 cm³/mol. The summed E-state index contributed by atoms with van der Waals surface area (Å²) >= 11 is 1.63. The lowest BCUT2D eigenvalue weighted by atomic mass is 10.1. The van der Waals surface area contributed by atoms with E-state index >= 15 is 0 Å². The van der Waals surface area contributed by atoms with Crippen molar-refractivity contribution in [1.82, 2.24) is 4.90 Å². The predicted octanol–water partition coefficient (Wildman–Crippen LogP) is 4.41. The van der Waals surface area contributed by atoms with Crippen molar-refractivity contribution in [1.29, 1.82) is 0 Å². The van der Waals surface area contributed by atoms with Crippen LogP contribution in [0.5, 0.6) is 0 Å². The van der Waals surface area contributed by atoms with Crippen LogP contribution in [0.15, 0.2) is 29.7 Å². The highest BCUT2D eigenvalue weighted by Gasteiger charge is 2.52. The minimum atomic E-state index is -3.30. The van der Waals surface area contributed by atoms with Crippen molar-refractivity contribution in [3.8, 4) is 0 Å². The molecule has 0 bridgehead atoms. The Kier molecular flexibility index (Phi) is 7.56. The Balaban J connectivity index is 1.90. The number of nitrogens with zero attached hydrogens (tertiary/aromatic N) is 1. The van der Waals surface area contributed by atoms with Gasteiger partial charge in [-0.3, -0.25) is 4.79 Å². The van der Waals surface area contributed by atoms with E-state index in [0.717, 1.165) is 25.7 Å². The number of halogens is 2. The Labute approximate surface area is 152 Å². The van der Waals surface area contributed by atoms with Gasteiger partial charge >= 0.3 is 5.92 Å². The molecule has 0 aromatic carbocycles. The first-order chi connectivity index (χ1) is 11.9. The third-order valence-electron chi connectivity index (χ3n) is 4.50. The van der Waals surface area contributed by atoms with Gasteiger partial charge in [-0.05, 0) is 30.7 Å². The Hall–Kier alpha value is -1.27. The summed E-state index contributed by atoms with van der Waals surface area (Å²) in [7, 11) is 0. The Morgan fingerprint density at radius 1 is 1.44 bits per heavy atom. The van der Waals surface area contributed by atoms with Crippen LogP contribution in [-0.4, -0.2) is 40.5 Å². The summed E-state index contributed by atoms with van der Waals surface area (Å²) in [5, 5.41) is 11.9. The molecule has 0 unspecified atom stereocenters. The molecule has 0 radical (unpaired) electrons. The molecule has 140 valence electrons. The van der Waals surface area contributed by atoms with Gasteiger partial charge in [0.25, 0.3) is 5.91 Å². The van der Waals surface area contributed by atoms with Crippen molar-refractivity contribution in [2.75, 3.05) is 6.54 Å². The highest BCUT2D eigenvalue weighted by atomic mass is 32.1. The van der Waals surface area contributed by atoms with Gasteiger partial charge in [-0.2, -0.15) is 8.78 Å². The number of aliphatic hydroxyl groups is 1. The van der Waals surface area contributed by atoms with Gasteiger partial charge in [0.2, 0.25) is 0 Å². The molecule has 1 aromatic heterocycles. The van der Waals surface area contributed by atoms with Gasteiger partial charge in [0.05, 0.1) is 12.1 Å². The lowest BCUT2D eigenvalue weighted by Crippen LogP contribution is -2.36. The standard InChI is InChI=1S/C19H27F2NO2S/c1-2-3-4-7-16(23)11-10-15-14-19(20,21)18(24)22(15)12-5-8-17-9-6-13-25-17/h6,9-11,13,15-16,23H,2-5,7-8,12,14H2,1H3/b11-10+/t15-,16-/m0/s1. The molecule has 1 amide bonds. The first-order valence-corrected chi connectivity index (χ1v) is 9.89. The minimum absolute atomic E-state index is 0.313. The molecular formula is C19H27F2NO2S. The summed E-state index contributed by atoms with van der Waals surface area (Å²) in [4.78, 5) is 14.4. The average molecular weight is 371 g/mol. The summed E-state index contributed by atoms with van der Waals surface area (Å²) in [6, 6.07) is 3.34. The quantitative estimate of drug-likeness (QED) is 0.489. The van der Waals surface area contributed by atoms with E-state index in [1.54, 1.807) is 23.5 Å². The molecule has 25 heavy (non-hydrogen) atoms. The number of thiophene rings is 1. The number of alkyl halides is 2. The molecule has 1 N–H and O–H groups in total. The first-order valence-electron chi connectivity index (χ1n) is 9.01. The second kappa shape index (κ2) is 9.43. The molecule has 0 saturated carbocycles. The van der Waals surface area contributed by atoms with Crippen LogP contribution in [0.3, 0.4) is 0 Å². The van der Waals surface area contributed by atoms with E-state index in [9.17, 15) is 18.7 Å². The molecule has 1 saturated heterocycles. The van der Waals surface area contributed by atoms with E-state index in [-0.39, 0.29) is 0 Å². The maximum atomic E-state index is 13.8. The van der Waals surface area contributed by atoms with Crippen LogP contribution in [0.1, 0.15) is 50.3 Å². The van der Waals surface area contributed by atoms with Crippen molar-refractivity contribution in [2.24, 2.45) is 0 Å². The molecule has 3 nitrogen and oxygen atoms in total. The van der Waals surface area contributed by atoms with Gasteiger partial charge < -0.3 is 10.0 Å². The van der Waals surface area contributed by atoms with Crippen molar-refractivity contribution >= 4 is 17.2 Å². The smallest absolute Gasteiger partial charge is 0.327 e. The Morgan fingerprint density at radius 3 is 2.92 bits per heavy atom. The van der Waals surface area contributed by atoms with Crippen LogP contribution < -0.4 is 0 Å². The van der Waals surface area contributed by atoms with E-state index in [1.807, 2.05) is 17.5 Å². The molecular weight excluding hydrogens is 344 g/mol. The second-order valence-corrected chi connectivity index (χ2v) is 7.64. The van der Waals surface area contributed by atoms with Crippen LogP contribution in [0.4, 0.5) is 8.78 Å². The van der Waals surface area contributed by atoms with Gasteiger partial charge in [-0.15, -0.1) is 11.3 Å². The lowest BCUT2D eigenvalue weighted by molar-refractivity contribution is -0.148. The number of amides is 1. The molecule has 1 aromatic rings. The summed E-state index contributed by atoms with van der Waals surface area (Å²) in [5.74, 6) is -4.39. The zero-order valence-electron chi connectivity index (χ0n) is 14.7. The molecule has 2 heterocycles. The number of unbranched alkanes of at least 4 members (excludes halogenated alkanes) is 2. The Morgan fingerprint density at radius 2 is 2.24 bits per heavy atom. The minimum Gasteiger partial charge on any atom is -0.389 e. The number of rotatable bonds is 10. The van der Waals surface area contributed by atoms with Gasteiger partial charge in [-0.25, -0.2) is 0 Å².